The maximum absolute atomic E-state index is 6.33. The maximum atomic E-state index is 6.33. The molecule has 0 aromatic rings. The van der Waals surface area contributed by atoms with Gasteiger partial charge >= 0.3 is 0 Å². The normalized spacial score (nSPS) is 41.8. The minimum Gasteiger partial charge on any atom is -0.370 e. The lowest BCUT2D eigenvalue weighted by Gasteiger charge is -2.35. The summed E-state index contributed by atoms with van der Waals surface area (Å²) in [6.45, 7) is 9.68. The highest BCUT2D eigenvalue weighted by Gasteiger charge is 2.58. The summed E-state index contributed by atoms with van der Waals surface area (Å²) in [5.74, 6) is 0.350. The Balaban J connectivity index is 2.04. The van der Waals surface area contributed by atoms with Crippen molar-refractivity contribution in [1.82, 2.24) is 0 Å². The van der Waals surface area contributed by atoms with Crippen molar-refractivity contribution in [3.8, 4) is 0 Å². The Hall–Kier alpha value is -0.160. The monoisotopic (exact) mass is 243 g/mol. The second-order valence-corrected chi connectivity index (χ2v) is 6.01. The molecule has 2 heterocycles. The Labute approximate surface area is 104 Å². The highest BCUT2D eigenvalue weighted by atomic mass is 16.6. The Morgan fingerprint density at radius 1 is 1.41 bits per heavy atom. The zero-order chi connectivity index (χ0) is 12.7. The van der Waals surface area contributed by atoms with E-state index in [1.54, 1.807) is 0 Å². The average molecular weight is 243 g/mol. The molecular weight excluding hydrogens is 218 g/mol. The SMILES string of the molecule is CCCC(C)(C)O[C@@H]1CO[C@@H]2[C@H](C)CO[C@@]21N. The van der Waals surface area contributed by atoms with Crippen molar-refractivity contribution in [3.05, 3.63) is 0 Å². The smallest absolute Gasteiger partial charge is 0.172 e. The first kappa shape index (κ1) is 13.3. The number of rotatable bonds is 4. The van der Waals surface area contributed by atoms with E-state index in [9.17, 15) is 0 Å². The van der Waals surface area contributed by atoms with E-state index in [0.29, 0.717) is 19.1 Å². The molecule has 0 spiro atoms. The van der Waals surface area contributed by atoms with Crippen LogP contribution in [0.25, 0.3) is 0 Å². The molecule has 0 radical (unpaired) electrons. The molecule has 2 saturated heterocycles. The van der Waals surface area contributed by atoms with E-state index < -0.39 is 5.72 Å². The fraction of sp³-hybridized carbons (Fsp3) is 1.00. The molecule has 4 atom stereocenters. The van der Waals surface area contributed by atoms with Crippen LogP contribution >= 0.6 is 0 Å². The molecule has 2 aliphatic heterocycles. The molecule has 4 nitrogen and oxygen atoms in total. The van der Waals surface area contributed by atoms with Crippen molar-refractivity contribution in [1.29, 1.82) is 0 Å². The number of ether oxygens (including phenoxy) is 3. The van der Waals surface area contributed by atoms with Gasteiger partial charge in [0.15, 0.2) is 5.72 Å². The van der Waals surface area contributed by atoms with E-state index in [0.717, 1.165) is 12.8 Å². The second kappa shape index (κ2) is 4.50. The third-order valence-electron chi connectivity index (χ3n) is 3.80. The van der Waals surface area contributed by atoms with Crippen LogP contribution in [0.2, 0.25) is 0 Å². The Kier molecular flexibility index (Phi) is 3.51. The van der Waals surface area contributed by atoms with Gasteiger partial charge in [0.05, 0.1) is 18.8 Å². The van der Waals surface area contributed by atoms with Crippen LogP contribution < -0.4 is 5.73 Å². The molecule has 4 heteroatoms. The van der Waals surface area contributed by atoms with Crippen molar-refractivity contribution in [2.24, 2.45) is 11.7 Å². The zero-order valence-corrected chi connectivity index (χ0v) is 11.4. The summed E-state index contributed by atoms with van der Waals surface area (Å²) in [6.07, 6.45) is 1.93. The first-order chi connectivity index (χ1) is 7.89. The summed E-state index contributed by atoms with van der Waals surface area (Å²) in [6, 6.07) is 0. The van der Waals surface area contributed by atoms with E-state index in [2.05, 4.69) is 27.7 Å². The summed E-state index contributed by atoms with van der Waals surface area (Å²) in [5.41, 5.74) is 5.42. The first-order valence-corrected chi connectivity index (χ1v) is 6.61. The predicted molar refractivity (Wildman–Crippen MR) is 65.6 cm³/mol. The van der Waals surface area contributed by atoms with Crippen LogP contribution in [0.5, 0.6) is 0 Å². The Morgan fingerprint density at radius 2 is 2.12 bits per heavy atom. The minimum absolute atomic E-state index is 0.0232. The summed E-state index contributed by atoms with van der Waals surface area (Å²) >= 11 is 0. The molecule has 0 bridgehead atoms. The van der Waals surface area contributed by atoms with Gasteiger partial charge in [0, 0.05) is 5.92 Å². The maximum Gasteiger partial charge on any atom is 0.172 e. The van der Waals surface area contributed by atoms with Gasteiger partial charge in [-0.25, -0.2) is 0 Å². The number of nitrogens with two attached hydrogens (primary N) is 1. The van der Waals surface area contributed by atoms with E-state index in [1.807, 2.05) is 0 Å². The molecule has 0 amide bonds. The van der Waals surface area contributed by atoms with Crippen LogP contribution in [0.4, 0.5) is 0 Å². The zero-order valence-electron chi connectivity index (χ0n) is 11.4. The molecule has 2 aliphatic rings. The third kappa shape index (κ3) is 2.36. The number of hydrogen-bond acceptors (Lipinski definition) is 4. The molecule has 0 saturated carbocycles. The highest BCUT2D eigenvalue weighted by Crippen LogP contribution is 2.39. The van der Waals surface area contributed by atoms with Crippen LogP contribution in [0.15, 0.2) is 0 Å². The fourth-order valence-corrected chi connectivity index (χ4v) is 2.95. The summed E-state index contributed by atoms with van der Waals surface area (Å²) in [4.78, 5) is 0. The fourth-order valence-electron chi connectivity index (χ4n) is 2.95. The van der Waals surface area contributed by atoms with Crippen LogP contribution in [0.1, 0.15) is 40.5 Å². The van der Waals surface area contributed by atoms with Crippen molar-refractivity contribution < 1.29 is 14.2 Å². The minimum atomic E-state index is -0.746. The number of fused-ring (bicyclic) bond motifs is 1. The van der Waals surface area contributed by atoms with Gasteiger partial charge in [0.1, 0.15) is 12.2 Å². The lowest BCUT2D eigenvalue weighted by Crippen LogP contribution is -2.57. The van der Waals surface area contributed by atoms with Gasteiger partial charge in [-0.2, -0.15) is 0 Å². The van der Waals surface area contributed by atoms with Crippen LogP contribution in [0.3, 0.4) is 0 Å². The largest absolute Gasteiger partial charge is 0.370 e. The van der Waals surface area contributed by atoms with Crippen molar-refractivity contribution in [2.75, 3.05) is 13.2 Å². The Morgan fingerprint density at radius 3 is 2.76 bits per heavy atom. The van der Waals surface area contributed by atoms with Gasteiger partial charge in [0.2, 0.25) is 0 Å². The molecule has 0 aromatic carbocycles. The first-order valence-electron chi connectivity index (χ1n) is 6.61. The highest BCUT2D eigenvalue weighted by molar-refractivity contribution is 5.03. The average Bonchev–Trinajstić information content (AvgIpc) is 2.67. The third-order valence-corrected chi connectivity index (χ3v) is 3.80. The van der Waals surface area contributed by atoms with E-state index >= 15 is 0 Å². The van der Waals surface area contributed by atoms with Gasteiger partial charge in [-0.1, -0.05) is 20.3 Å². The summed E-state index contributed by atoms with van der Waals surface area (Å²) < 4.78 is 17.6. The van der Waals surface area contributed by atoms with Crippen LogP contribution in [-0.4, -0.2) is 36.7 Å². The van der Waals surface area contributed by atoms with Gasteiger partial charge in [0.25, 0.3) is 0 Å². The van der Waals surface area contributed by atoms with E-state index in [1.165, 1.54) is 0 Å². The lowest BCUT2D eigenvalue weighted by molar-refractivity contribution is -0.154. The summed E-state index contributed by atoms with van der Waals surface area (Å²) in [5, 5.41) is 0. The summed E-state index contributed by atoms with van der Waals surface area (Å²) in [7, 11) is 0. The van der Waals surface area contributed by atoms with Crippen molar-refractivity contribution in [2.45, 2.75) is 64.1 Å². The molecular formula is C13H25NO3. The van der Waals surface area contributed by atoms with Crippen molar-refractivity contribution in [3.63, 3.8) is 0 Å². The topological polar surface area (TPSA) is 53.7 Å². The van der Waals surface area contributed by atoms with Crippen LogP contribution in [0, 0.1) is 5.92 Å². The van der Waals surface area contributed by atoms with Gasteiger partial charge in [-0.05, 0) is 20.3 Å². The van der Waals surface area contributed by atoms with Gasteiger partial charge in [-0.3, -0.25) is 5.73 Å². The molecule has 2 fully saturated rings. The van der Waals surface area contributed by atoms with E-state index in [-0.39, 0.29) is 17.8 Å². The molecule has 0 unspecified atom stereocenters. The predicted octanol–water partition coefficient (Wildman–Crippen LogP) is 1.67. The standard InChI is InChI=1S/C13H25NO3/c1-5-6-12(3,4)17-10-8-15-11-9(2)7-16-13(10,11)14/h9-11H,5-8,14H2,1-4H3/t9-,10-,11-,13-/m1/s1. The van der Waals surface area contributed by atoms with Gasteiger partial charge in [-0.15, -0.1) is 0 Å². The molecule has 0 aromatic heterocycles. The second-order valence-electron chi connectivity index (χ2n) is 6.01. The molecule has 0 aliphatic carbocycles. The number of hydrogen-bond donors (Lipinski definition) is 1. The molecule has 2 rings (SSSR count). The van der Waals surface area contributed by atoms with Crippen LogP contribution in [-0.2, 0) is 14.2 Å². The molecule has 2 N–H and O–H groups in total. The van der Waals surface area contributed by atoms with E-state index in [4.69, 9.17) is 19.9 Å². The molecule has 100 valence electrons. The van der Waals surface area contributed by atoms with Crippen molar-refractivity contribution >= 4 is 0 Å². The van der Waals surface area contributed by atoms with Gasteiger partial charge < -0.3 is 14.2 Å². The quantitative estimate of drug-likeness (QED) is 0.816. The Bertz CT molecular complexity index is 282. The lowest BCUT2D eigenvalue weighted by atomic mass is 9.96. The molecule has 17 heavy (non-hydrogen) atoms.